The third-order valence-corrected chi connectivity index (χ3v) is 2.38. The van der Waals surface area contributed by atoms with Crippen LogP contribution in [0.1, 0.15) is 13.8 Å². The third kappa shape index (κ3) is 2.81. The number of aromatic nitrogens is 2. The molecule has 1 heterocycles. The molecule has 0 aliphatic rings. The van der Waals surface area contributed by atoms with Gasteiger partial charge in [-0.1, -0.05) is 11.6 Å². The first-order chi connectivity index (χ1) is 7.10. The summed E-state index contributed by atoms with van der Waals surface area (Å²) in [5, 5.41) is 17.9. The summed E-state index contributed by atoms with van der Waals surface area (Å²) in [7, 11) is -1.64. The van der Waals surface area contributed by atoms with Crippen LogP contribution in [0.5, 0.6) is 0 Å². The van der Waals surface area contributed by atoms with Crippen molar-refractivity contribution in [2.24, 2.45) is 0 Å². The zero-order valence-electron chi connectivity index (χ0n) is 8.68. The molecule has 0 saturated carbocycles. The summed E-state index contributed by atoms with van der Waals surface area (Å²) in [6, 6.07) is 0. The molecule has 0 spiro atoms. The fourth-order valence-electron chi connectivity index (χ4n) is 1.19. The minimum Gasteiger partial charge on any atom is -0.423 e. The van der Waals surface area contributed by atoms with Crippen molar-refractivity contribution in [1.29, 1.82) is 0 Å². The van der Waals surface area contributed by atoms with E-state index in [-0.39, 0.29) is 10.6 Å². The Labute approximate surface area is 93.9 Å². The SMILES string of the molecule is CCN(CC)c1ncc(B(O)O)c(Cl)n1. The zero-order valence-corrected chi connectivity index (χ0v) is 9.44. The molecular weight excluding hydrogens is 216 g/mol. The maximum absolute atomic E-state index is 8.93. The maximum Gasteiger partial charge on any atom is 0.493 e. The predicted octanol–water partition coefficient (Wildman–Crippen LogP) is -0.344. The fourth-order valence-corrected chi connectivity index (χ4v) is 1.42. The van der Waals surface area contributed by atoms with Crippen LogP contribution < -0.4 is 10.4 Å². The van der Waals surface area contributed by atoms with Crippen LogP contribution in [0.2, 0.25) is 5.15 Å². The maximum atomic E-state index is 8.93. The van der Waals surface area contributed by atoms with E-state index in [1.165, 1.54) is 6.20 Å². The highest BCUT2D eigenvalue weighted by atomic mass is 35.5. The van der Waals surface area contributed by atoms with Gasteiger partial charge in [-0.25, -0.2) is 9.97 Å². The Balaban J connectivity index is 3.00. The highest BCUT2D eigenvalue weighted by molar-refractivity contribution is 6.62. The van der Waals surface area contributed by atoms with Crippen molar-refractivity contribution in [3.05, 3.63) is 11.3 Å². The van der Waals surface area contributed by atoms with E-state index in [1.54, 1.807) is 0 Å². The molecular formula is C8H13BClN3O2. The Morgan fingerprint density at radius 3 is 2.40 bits per heavy atom. The average molecular weight is 229 g/mol. The zero-order chi connectivity index (χ0) is 11.4. The second-order valence-corrected chi connectivity index (χ2v) is 3.32. The Hall–Kier alpha value is -0.845. The van der Waals surface area contributed by atoms with E-state index in [9.17, 15) is 0 Å². The van der Waals surface area contributed by atoms with Crippen molar-refractivity contribution in [3.8, 4) is 0 Å². The Morgan fingerprint density at radius 2 is 2.00 bits per heavy atom. The van der Waals surface area contributed by atoms with Gasteiger partial charge in [0.15, 0.2) is 0 Å². The standard InChI is InChI=1S/C8H13BClN3O2/c1-3-13(4-2)8-11-5-6(9(14)15)7(10)12-8/h5,14-15H,3-4H2,1-2H3. The number of halogens is 1. The third-order valence-electron chi connectivity index (χ3n) is 2.08. The fraction of sp³-hybridized carbons (Fsp3) is 0.500. The van der Waals surface area contributed by atoms with Gasteiger partial charge in [-0.05, 0) is 13.8 Å². The smallest absolute Gasteiger partial charge is 0.423 e. The summed E-state index contributed by atoms with van der Waals surface area (Å²) in [6.45, 7) is 5.51. The molecule has 5 nitrogen and oxygen atoms in total. The molecule has 0 aromatic carbocycles. The normalized spacial score (nSPS) is 10.2. The van der Waals surface area contributed by atoms with Crippen LogP contribution >= 0.6 is 11.6 Å². The molecule has 0 aliphatic carbocycles. The highest BCUT2D eigenvalue weighted by Gasteiger charge is 2.18. The Kier molecular flexibility index (Phi) is 4.32. The molecule has 0 aliphatic heterocycles. The highest BCUT2D eigenvalue weighted by Crippen LogP contribution is 2.09. The topological polar surface area (TPSA) is 69.5 Å². The van der Waals surface area contributed by atoms with E-state index in [0.29, 0.717) is 5.95 Å². The molecule has 0 bridgehead atoms. The van der Waals surface area contributed by atoms with Crippen molar-refractivity contribution in [1.82, 2.24) is 9.97 Å². The summed E-state index contributed by atoms with van der Waals surface area (Å²) in [5.41, 5.74) is 0.118. The number of nitrogens with zero attached hydrogens (tertiary/aromatic N) is 3. The van der Waals surface area contributed by atoms with Crippen LogP contribution in [-0.4, -0.2) is 40.2 Å². The second kappa shape index (κ2) is 5.30. The average Bonchev–Trinajstić information content (AvgIpc) is 2.19. The van der Waals surface area contributed by atoms with E-state index in [4.69, 9.17) is 21.6 Å². The lowest BCUT2D eigenvalue weighted by molar-refractivity contribution is 0.425. The van der Waals surface area contributed by atoms with E-state index in [0.717, 1.165) is 13.1 Å². The quantitative estimate of drug-likeness (QED) is 0.546. The van der Waals surface area contributed by atoms with E-state index in [2.05, 4.69) is 9.97 Å². The van der Waals surface area contributed by atoms with Crippen molar-refractivity contribution in [2.45, 2.75) is 13.8 Å². The molecule has 1 aromatic rings. The van der Waals surface area contributed by atoms with Crippen molar-refractivity contribution >= 4 is 30.1 Å². The minimum atomic E-state index is -1.64. The van der Waals surface area contributed by atoms with Gasteiger partial charge in [0.05, 0.1) is 0 Å². The summed E-state index contributed by atoms with van der Waals surface area (Å²) in [6.07, 6.45) is 1.33. The molecule has 0 saturated heterocycles. The number of anilines is 1. The summed E-state index contributed by atoms with van der Waals surface area (Å²) >= 11 is 5.78. The number of hydrogen-bond acceptors (Lipinski definition) is 5. The van der Waals surface area contributed by atoms with Gasteiger partial charge in [0, 0.05) is 24.7 Å². The minimum absolute atomic E-state index is 0.0712. The van der Waals surface area contributed by atoms with Gasteiger partial charge in [0.2, 0.25) is 5.95 Å². The lowest BCUT2D eigenvalue weighted by Crippen LogP contribution is -2.33. The Bertz CT molecular complexity index is 334. The van der Waals surface area contributed by atoms with Crippen LogP contribution in [0.4, 0.5) is 5.95 Å². The van der Waals surface area contributed by atoms with Crippen LogP contribution in [0, 0.1) is 0 Å². The lowest BCUT2D eigenvalue weighted by Gasteiger charge is -2.18. The summed E-state index contributed by atoms with van der Waals surface area (Å²) < 4.78 is 0. The van der Waals surface area contributed by atoms with Gasteiger partial charge in [-0.15, -0.1) is 0 Å². The van der Waals surface area contributed by atoms with Crippen molar-refractivity contribution in [2.75, 3.05) is 18.0 Å². The molecule has 15 heavy (non-hydrogen) atoms. The molecule has 0 amide bonds. The van der Waals surface area contributed by atoms with Gasteiger partial charge in [0.25, 0.3) is 0 Å². The second-order valence-electron chi connectivity index (χ2n) is 2.96. The van der Waals surface area contributed by atoms with E-state index >= 15 is 0 Å². The Morgan fingerprint density at radius 1 is 1.40 bits per heavy atom. The molecule has 1 aromatic heterocycles. The first-order valence-electron chi connectivity index (χ1n) is 4.73. The molecule has 0 unspecified atom stereocenters. The van der Waals surface area contributed by atoms with Gasteiger partial charge in [-0.3, -0.25) is 0 Å². The molecule has 0 atom stereocenters. The number of hydrogen-bond donors (Lipinski definition) is 2. The van der Waals surface area contributed by atoms with E-state index in [1.807, 2.05) is 18.7 Å². The predicted molar refractivity (Wildman–Crippen MR) is 60.4 cm³/mol. The summed E-state index contributed by atoms with van der Waals surface area (Å²) in [5.74, 6) is 0.495. The molecule has 82 valence electrons. The molecule has 2 N–H and O–H groups in total. The summed E-state index contributed by atoms with van der Waals surface area (Å²) in [4.78, 5) is 9.93. The number of rotatable bonds is 4. The van der Waals surface area contributed by atoms with Crippen LogP contribution in [0.25, 0.3) is 0 Å². The molecule has 0 fully saturated rings. The first-order valence-corrected chi connectivity index (χ1v) is 5.11. The van der Waals surface area contributed by atoms with Gasteiger partial charge in [0.1, 0.15) is 5.15 Å². The lowest BCUT2D eigenvalue weighted by atomic mass is 9.83. The molecule has 7 heteroatoms. The monoisotopic (exact) mass is 229 g/mol. The van der Waals surface area contributed by atoms with Crippen LogP contribution in [-0.2, 0) is 0 Å². The van der Waals surface area contributed by atoms with Crippen LogP contribution in [0.3, 0.4) is 0 Å². The van der Waals surface area contributed by atoms with E-state index < -0.39 is 7.12 Å². The van der Waals surface area contributed by atoms with Gasteiger partial charge >= 0.3 is 7.12 Å². The van der Waals surface area contributed by atoms with Gasteiger partial charge < -0.3 is 14.9 Å². The van der Waals surface area contributed by atoms with Crippen molar-refractivity contribution < 1.29 is 10.0 Å². The van der Waals surface area contributed by atoms with Gasteiger partial charge in [-0.2, -0.15) is 0 Å². The van der Waals surface area contributed by atoms with Crippen LogP contribution in [0.15, 0.2) is 6.20 Å². The first kappa shape index (κ1) is 12.2. The largest absolute Gasteiger partial charge is 0.493 e. The molecule has 0 radical (unpaired) electrons. The van der Waals surface area contributed by atoms with Crippen molar-refractivity contribution in [3.63, 3.8) is 0 Å². The molecule has 1 rings (SSSR count).